The summed E-state index contributed by atoms with van der Waals surface area (Å²) >= 11 is 1.84. The molecule has 0 aromatic carbocycles. The van der Waals surface area contributed by atoms with E-state index in [2.05, 4.69) is 0 Å². The minimum atomic E-state index is -4.00. The molecule has 13 heteroatoms. The molecule has 2 rings (SSSR count). The molecule has 0 aliphatic carbocycles. The molecule has 0 amide bonds. The van der Waals surface area contributed by atoms with Crippen molar-refractivity contribution in [2.45, 2.75) is 63.6 Å². The predicted octanol–water partition coefficient (Wildman–Crippen LogP) is 2.78. The Morgan fingerprint density at radius 3 is 2.06 bits per heavy atom. The summed E-state index contributed by atoms with van der Waals surface area (Å²) in [6, 6.07) is 0. The van der Waals surface area contributed by atoms with Crippen molar-refractivity contribution in [3.05, 3.63) is 0 Å². The Morgan fingerprint density at radius 2 is 1.58 bits per heavy atom. The number of rotatable bonds is 7. The Morgan fingerprint density at radius 1 is 1.03 bits per heavy atom. The van der Waals surface area contributed by atoms with Gasteiger partial charge in [-0.05, 0) is 0 Å². The zero-order valence-electron chi connectivity index (χ0n) is 18.4. The maximum atomic E-state index is 13.2. The molecular weight excluding hydrogens is 471 g/mol. The van der Waals surface area contributed by atoms with Gasteiger partial charge in [-0.2, -0.15) is 0 Å². The number of esters is 1. The second-order valence-corrected chi connectivity index (χ2v) is 12.3. The van der Waals surface area contributed by atoms with Crippen LogP contribution in [0.3, 0.4) is 0 Å². The minimum absolute atomic E-state index is 0.142. The number of ether oxygens (including phenoxy) is 3. The average Bonchev–Trinajstić information content (AvgIpc) is 2.65. The van der Waals surface area contributed by atoms with Gasteiger partial charge < -0.3 is 14.2 Å². The molecule has 5 atom stereocenters. The molecule has 0 aromatic rings. The second kappa shape index (κ2) is 11.1. The fourth-order valence-electron chi connectivity index (χ4n) is 2.97. The van der Waals surface area contributed by atoms with E-state index >= 15 is 0 Å². The molecule has 31 heavy (non-hydrogen) atoms. The molecule has 2 heterocycles. The zero-order chi connectivity index (χ0) is 23.4. The number of phosphoric ester groups is 1. The Hall–Kier alpha value is -0.460. The normalized spacial score (nSPS) is 32.3. The zero-order valence-corrected chi connectivity index (χ0v) is 20.9. The van der Waals surface area contributed by atoms with Gasteiger partial charge in [0.2, 0.25) is 0 Å². The van der Waals surface area contributed by atoms with Crippen LogP contribution in [0.4, 0.5) is 0 Å². The molecule has 2 saturated heterocycles. The summed E-state index contributed by atoms with van der Waals surface area (Å²) in [7, 11) is -2.60. The first-order chi connectivity index (χ1) is 14.4. The van der Waals surface area contributed by atoms with Crippen molar-refractivity contribution in [2.24, 2.45) is 5.41 Å². The van der Waals surface area contributed by atoms with E-state index < -0.39 is 42.8 Å². The van der Waals surface area contributed by atoms with Crippen LogP contribution >= 0.6 is 31.3 Å². The van der Waals surface area contributed by atoms with Crippen LogP contribution in [-0.4, -0.2) is 72.1 Å². The van der Waals surface area contributed by atoms with Crippen molar-refractivity contribution in [1.29, 1.82) is 0 Å². The van der Waals surface area contributed by atoms with Crippen molar-refractivity contribution in [3.63, 3.8) is 0 Å². The summed E-state index contributed by atoms with van der Waals surface area (Å²) in [6.07, 6.45) is -2.90. The highest BCUT2D eigenvalue weighted by molar-refractivity contribution is 8.17. The van der Waals surface area contributed by atoms with Crippen molar-refractivity contribution >= 4 is 47.5 Å². The molecule has 0 saturated carbocycles. The second-order valence-electron chi connectivity index (χ2n) is 7.96. The van der Waals surface area contributed by atoms with Gasteiger partial charge in [-0.15, -0.1) is 0 Å². The molecule has 0 unspecified atom stereocenters. The van der Waals surface area contributed by atoms with Crippen LogP contribution in [0.15, 0.2) is 0 Å². The summed E-state index contributed by atoms with van der Waals surface area (Å²) in [5, 5.41) is -1.86. The molecule has 0 aromatic heterocycles. The maximum absolute atomic E-state index is 13.2. The van der Waals surface area contributed by atoms with E-state index in [0.29, 0.717) is 0 Å². The largest absolute Gasteiger partial charge is 0.475 e. The monoisotopic (exact) mass is 500 g/mol. The first-order valence-corrected chi connectivity index (χ1v) is 12.8. The van der Waals surface area contributed by atoms with Crippen LogP contribution in [0.1, 0.15) is 34.6 Å². The molecule has 2 aliphatic rings. The molecular formula is C18H29O10PS2. The Kier molecular flexibility index (Phi) is 9.60. The van der Waals surface area contributed by atoms with E-state index in [1.54, 1.807) is 0 Å². The highest BCUT2D eigenvalue weighted by Gasteiger charge is 2.53. The number of hydrogen-bond acceptors (Lipinski definition) is 12. The number of hydrogen-bond donors (Lipinski definition) is 0. The Balaban J connectivity index is 2.37. The van der Waals surface area contributed by atoms with Gasteiger partial charge in [0.25, 0.3) is 0 Å². The SMILES string of the molecule is CO[C@H]1O[C@H](COC(C)=O)[C@@H](OP2(=O)OCC(C)(C)CO2)[C@@H](SC(C)=O)[C@@H]1SC(C)=O. The third-order valence-corrected chi connectivity index (χ3v) is 8.21. The lowest BCUT2D eigenvalue weighted by Crippen LogP contribution is -2.58. The van der Waals surface area contributed by atoms with Gasteiger partial charge in [-0.1, -0.05) is 37.4 Å². The maximum Gasteiger partial charge on any atom is 0.475 e. The third-order valence-electron chi connectivity index (χ3n) is 4.36. The number of phosphoric acid groups is 1. The van der Waals surface area contributed by atoms with E-state index in [9.17, 15) is 18.9 Å². The lowest BCUT2D eigenvalue weighted by molar-refractivity contribution is -0.216. The smallest absolute Gasteiger partial charge is 0.463 e. The highest BCUT2D eigenvalue weighted by atomic mass is 32.2. The topological polar surface area (TPSA) is 124 Å². The first kappa shape index (κ1) is 26.8. The molecule has 0 radical (unpaired) electrons. The van der Waals surface area contributed by atoms with Crippen molar-refractivity contribution in [1.82, 2.24) is 0 Å². The summed E-state index contributed by atoms with van der Waals surface area (Å²) in [5.74, 6) is -0.550. The van der Waals surface area contributed by atoms with E-state index in [0.717, 1.165) is 23.5 Å². The summed E-state index contributed by atoms with van der Waals surface area (Å²) in [5.41, 5.74) is -0.348. The predicted molar refractivity (Wildman–Crippen MR) is 115 cm³/mol. The number of carbonyl (C=O) groups is 3. The van der Waals surface area contributed by atoms with E-state index in [1.165, 1.54) is 27.9 Å². The van der Waals surface area contributed by atoms with Crippen LogP contribution in [0.5, 0.6) is 0 Å². The molecule has 2 fully saturated rings. The van der Waals surface area contributed by atoms with E-state index in [1.807, 2.05) is 13.8 Å². The molecule has 178 valence electrons. The van der Waals surface area contributed by atoms with Crippen LogP contribution in [0.25, 0.3) is 0 Å². The molecule has 2 aliphatic heterocycles. The van der Waals surface area contributed by atoms with Gasteiger partial charge in [-0.25, -0.2) is 4.57 Å². The van der Waals surface area contributed by atoms with Gasteiger partial charge in [0.05, 0.1) is 23.7 Å². The van der Waals surface area contributed by atoms with Crippen LogP contribution in [0, 0.1) is 5.41 Å². The van der Waals surface area contributed by atoms with Gasteiger partial charge in [-0.3, -0.25) is 28.0 Å². The summed E-state index contributed by atoms with van der Waals surface area (Å²) < 4.78 is 46.2. The number of thioether (sulfide) groups is 2. The third kappa shape index (κ3) is 7.82. The van der Waals surface area contributed by atoms with Gasteiger partial charge >= 0.3 is 13.8 Å². The fourth-order valence-corrected chi connectivity index (χ4v) is 7.13. The first-order valence-electron chi connectivity index (χ1n) is 9.59. The van der Waals surface area contributed by atoms with Crippen molar-refractivity contribution in [3.8, 4) is 0 Å². The van der Waals surface area contributed by atoms with E-state index in [-0.39, 0.29) is 35.5 Å². The lowest BCUT2D eigenvalue weighted by Gasteiger charge is -2.45. The molecule has 0 spiro atoms. The average molecular weight is 501 g/mol. The standard InChI is InChI=1S/C18H29O10PS2/c1-10(19)24-7-13-14(28-29(22)25-8-18(4,5)9-26-29)15(30-11(2)20)16(31-12(3)21)17(23-6)27-13/h13-17H,7-9H2,1-6H3/t13-,14-,15-,16+,17+/m1/s1. The lowest BCUT2D eigenvalue weighted by atomic mass is 9.97. The van der Waals surface area contributed by atoms with Gasteiger partial charge in [0, 0.05) is 33.3 Å². The number of methoxy groups -OCH3 is 1. The van der Waals surface area contributed by atoms with Crippen LogP contribution in [-0.2, 0) is 46.7 Å². The Labute approximate surface area is 190 Å². The van der Waals surface area contributed by atoms with Gasteiger partial charge in [0.15, 0.2) is 16.5 Å². The van der Waals surface area contributed by atoms with Crippen molar-refractivity contribution in [2.75, 3.05) is 26.9 Å². The molecule has 0 bridgehead atoms. The van der Waals surface area contributed by atoms with Crippen molar-refractivity contribution < 1.29 is 46.7 Å². The van der Waals surface area contributed by atoms with Crippen LogP contribution < -0.4 is 0 Å². The summed E-state index contributed by atoms with van der Waals surface area (Å²) in [4.78, 5) is 35.3. The van der Waals surface area contributed by atoms with Gasteiger partial charge in [0.1, 0.15) is 18.8 Å². The van der Waals surface area contributed by atoms with E-state index in [4.69, 9.17) is 27.8 Å². The Bertz CT molecular complexity index is 716. The number of carbonyl (C=O) groups excluding carboxylic acids is 3. The quantitative estimate of drug-likeness (QED) is 0.377. The highest BCUT2D eigenvalue weighted by Crippen LogP contribution is 2.57. The summed E-state index contributed by atoms with van der Waals surface area (Å²) in [6.45, 7) is 7.81. The fraction of sp³-hybridized carbons (Fsp3) is 0.833. The van der Waals surface area contributed by atoms with Crippen LogP contribution in [0.2, 0.25) is 0 Å². The molecule has 10 nitrogen and oxygen atoms in total. The minimum Gasteiger partial charge on any atom is -0.463 e. The molecule has 0 N–H and O–H groups in total.